The van der Waals surface area contributed by atoms with Gasteiger partial charge in [-0.1, -0.05) is 11.6 Å². The molecule has 0 aliphatic carbocycles. The Morgan fingerprint density at radius 1 is 1.42 bits per heavy atom. The summed E-state index contributed by atoms with van der Waals surface area (Å²) >= 11 is 6.08. The van der Waals surface area contributed by atoms with Crippen molar-refractivity contribution in [1.82, 2.24) is 5.32 Å². The molecule has 132 valence electrons. The Morgan fingerprint density at radius 3 is 2.88 bits per heavy atom. The standard InChI is InChI=1S/C17H23ClN2O4/c1-11(24-10-13-5-3-4-8-23-13)16(21)20-15-9-12(17(22)19-2)6-7-14(15)18/h6-7,9,11,13H,3-5,8,10H2,1-2H3,(H,19,22)(H,20,21). The number of hydrogen-bond acceptors (Lipinski definition) is 4. The van der Waals surface area contributed by atoms with Crippen molar-refractivity contribution in [3.05, 3.63) is 28.8 Å². The molecule has 1 heterocycles. The van der Waals surface area contributed by atoms with Crippen LogP contribution >= 0.6 is 11.6 Å². The topological polar surface area (TPSA) is 76.7 Å². The third-order valence-corrected chi connectivity index (χ3v) is 4.22. The smallest absolute Gasteiger partial charge is 0.253 e. The average molecular weight is 355 g/mol. The number of nitrogens with one attached hydrogen (secondary N) is 2. The van der Waals surface area contributed by atoms with Gasteiger partial charge >= 0.3 is 0 Å². The molecule has 7 heteroatoms. The molecule has 2 atom stereocenters. The highest BCUT2D eigenvalue weighted by atomic mass is 35.5. The molecule has 2 amide bonds. The fraction of sp³-hybridized carbons (Fsp3) is 0.529. The quantitative estimate of drug-likeness (QED) is 0.823. The largest absolute Gasteiger partial charge is 0.376 e. The molecule has 24 heavy (non-hydrogen) atoms. The molecule has 2 rings (SSSR count). The Morgan fingerprint density at radius 2 is 2.21 bits per heavy atom. The van der Waals surface area contributed by atoms with Crippen LogP contribution in [0, 0.1) is 0 Å². The second-order valence-electron chi connectivity index (χ2n) is 5.73. The van der Waals surface area contributed by atoms with Gasteiger partial charge in [-0.3, -0.25) is 9.59 Å². The van der Waals surface area contributed by atoms with Crippen molar-refractivity contribution in [2.45, 2.75) is 38.4 Å². The van der Waals surface area contributed by atoms with Crippen LogP contribution in [-0.4, -0.2) is 44.3 Å². The second kappa shape index (κ2) is 9.01. The van der Waals surface area contributed by atoms with E-state index in [1.54, 1.807) is 26.1 Å². The lowest BCUT2D eigenvalue weighted by atomic mass is 10.1. The maximum absolute atomic E-state index is 12.3. The lowest BCUT2D eigenvalue weighted by Gasteiger charge is -2.24. The molecule has 1 aliphatic heterocycles. The van der Waals surface area contributed by atoms with Crippen LogP contribution in [0.2, 0.25) is 5.02 Å². The van der Waals surface area contributed by atoms with E-state index in [9.17, 15) is 9.59 Å². The molecule has 0 spiro atoms. The first-order chi connectivity index (χ1) is 11.5. The first-order valence-electron chi connectivity index (χ1n) is 8.07. The van der Waals surface area contributed by atoms with Crippen molar-refractivity contribution in [1.29, 1.82) is 0 Å². The lowest BCUT2D eigenvalue weighted by molar-refractivity contribution is -0.130. The van der Waals surface area contributed by atoms with Crippen molar-refractivity contribution in [3.63, 3.8) is 0 Å². The summed E-state index contributed by atoms with van der Waals surface area (Å²) < 4.78 is 11.2. The Balaban J connectivity index is 1.91. The zero-order chi connectivity index (χ0) is 17.5. The predicted molar refractivity (Wildman–Crippen MR) is 92.5 cm³/mol. The molecule has 0 aromatic heterocycles. The number of benzene rings is 1. The maximum atomic E-state index is 12.3. The van der Waals surface area contributed by atoms with E-state index in [0.29, 0.717) is 22.9 Å². The molecule has 1 fully saturated rings. The van der Waals surface area contributed by atoms with Crippen LogP contribution in [0.25, 0.3) is 0 Å². The van der Waals surface area contributed by atoms with Gasteiger partial charge in [-0.25, -0.2) is 0 Å². The summed E-state index contributed by atoms with van der Waals surface area (Å²) in [6.07, 6.45) is 2.56. The molecule has 6 nitrogen and oxygen atoms in total. The molecule has 0 bridgehead atoms. The molecule has 1 aliphatic rings. The molecule has 1 saturated heterocycles. The van der Waals surface area contributed by atoms with Gasteiger partial charge in [0.2, 0.25) is 0 Å². The normalized spacial score (nSPS) is 18.7. The molecular formula is C17H23ClN2O4. The molecule has 0 saturated carbocycles. The molecule has 1 aromatic carbocycles. The van der Waals surface area contributed by atoms with Gasteiger partial charge in [-0.15, -0.1) is 0 Å². The van der Waals surface area contributed by atoms with Gasteiger partial charge in [-0.05, 0) is 44.4 Å². The number of halogens is 1. The van der Waals surface area contributed by atoms with Crippen LogP contribution in [-0.2, 0) is 14.3 Å². The van der Waals surface area contributed by atoms with Gasteiger partial charge in [0, 0.05) is 19.2 Å². The van der Waals surface area contributed by atoms with E-state index in [2.05, 4.69) is 10.6 Å². The van der Waals surface area contributed by atoms with E-state index in [1.165, 1.54) is 6.07 Å². The fourth-order valence-corrected chi connectivity index (χ4v) is 2.57. The minimum absolute atomic E-state index is 0.0502. The van der Waals surface area contributed by atoms with Crippen molar-refractivity contribution in [2.24, 2.45) is 0 Å². The van der Waals surface area contributed by atoms with Gasteiger partial charge in [-0.2, -0.15) is 0 Å². The summed E-state index contributed by atoms with van der Waals surface area (Å²) in [5.41, 5.74) is 0.800. The van der Waals surface area contributed by atoms with Gasteiger partial charge < -0.3 is 20.1 Å². The van der Waals surface area contributed by atoms with Gasteiger partial charge in [0.1, 0.15) is 6.10 Å². The van der Waals surface area contributed by atoms with Gasteiger partial charge in [0.05, 0.1) is 23.4 Å². The highest BCUT2D eigenvalue weighted by molar-refractivity contribution is 6.34. The van der Waals surface area contributed by atoms with Crippen molar-refractivity contribution < 1.29 is 19.1 Å². The van der Waals surface area contributed by atoms with Crippen LogP contribution in [0.15, 0.2) is 18.2 Å². The maximum Gasteiger partial charge on any atom is 0.253 e. The zero-order valence-corrected chi connectivity index (χ0v) is 14.7. The van der Waals surface area contributed by atoms with Crippen molar-refractivity contribution in [2.75, 3.05) is 25.6 Å². The number of ether oxygens (including phenoxy) is 2. The highest BCUT2D eigenvalue weighted by Crippen LogP contribution is 2.23. The fourth-order valence-electron chi connectivity index (χ4n) is 2.41. The van der Waals surface area contributed by atoms with Crippen molar-refractivity contribution in [3.8, 4) is 0 Å². The first-order valence-corrected chi connectivity index (χ1v) is 8.44. The second-order valence-corrected chi connectivity index (χ2v) is 6.13. The zero-order valence-electron chi connectivity index (χ0n) is 13.9. The number of hydrogen-bond donors (Lipinski definition) is 2. The third-order valence-electron chi connectivity index (χ3n) is 3.89. The Kier molecular flexibility index (Phi) is 7.02. The van der Waals surface area contributed by atoms with Crippen LogP contribution < -0.4 is 10.6 Å². The predicted octanol–water partition coefficient (Wildman–Crippen LogP) is 2.61. The third kappa shape index (κ3) is 5.19. The Hall–Kier alpha value is -1.63. The Bertz CT molecular complexity index is 588. The first kappa shape index (κ1) is 18.7. The van der Waals surface area contributed by atoms with Gasteiger partial charge in [0.15, 0.2) is 0 Å². The van der Waals surface area contributed by atoms with E-state index in [4.69, 9.17) is 21.1 Å². The van der Waals surface area contributed by atoms with E-state index in [0.717, 1.165) is 25.9 Å². The van der Waals surface area contributed by atoms with Crippen LogP contribution in [0.3, 0.4) is 0 Å². The SMILES string of the molecule is CNC(=O)c1ccc(Cl)c(NC(=O)C(C)OCC2CCCCO2)c1. The number of carbonyl (C=O) groups excluding carboxylic acids is 2. The van der Waals surface area contributed by atoms with Gasteiger partial charge in [0.25, 0.3) is 11.8 Å². The summed E-state index contributed by atoms with van der Waals surface area (Å²) in [7, 11) is 1.54. The summed E-state index contributed by atoms with van der Waals surface area (Å²) in [5, 5.41) is 5.59. The monoisotopic (exact) mass is 354 g/mol. The number of rotatable bonds is 6. The molecule has 2 unspecified atom stereocenters. The Labute approximate surface area is 146 Å². The molecular weight excluding hydrogens is 332 g/mol. The minimum Gasteiger partial charge on any atom is -0.376 e. The van der Waals surface area contributed by atoms with Crippen LogP contribution in [0.5, 0.6) is 0 Å². The summed E-state index contributed by atoms with van der Waals surface area (Å²) in [5.74, 6) is -0.567. The minimum atomic E-state index is -0.643. The summed E-state index contributed by atoms with van der Waals surface area (Å²) in [6.45, 7) is 2.81. The van der Waals surface area contributed by atoms with E-state index >= 15 is 0 Å². The number of amides is 2. The van der Waals surface area contributed by atoms with E-state index in [-0.39, 0.29) is 17.9 Å². The average Bonchev–Trinajstić information content (AvgIpc) is 2.61. The molecule has 1 aromatic rings. The molecule has 0 radical (unpaired) electrons. The number of carbonyl (C=O) groups is 2. The summed E-state index contributed by atoms with van der Waals surface area (Å²) in [6, 6.07) is 4.70. The van der Waals surface area contributed by atoms with Crippen LogP contribution in [0.4, 0.5) is 5.69 Å². The highest BCUT2D eigenvalue weighted by Gasteiger charge is 2.20. The summed E-state index contributed by atoms with van der Waals surface area (Å²) in [4.78, 5) is 23.9. The van der Waals surface area contributed by atoms with Crippen molar-refractivity contribution >= 4 is 29.1 Å². The van der Waals surface area contributed by atoms with E-state index in [1.807, 2.05) is 0 Å². The lowest BCUT2D eigenvalue weighted by Crippen LogP contribution is -2.32. The van der Waals surface area contributed by atoms with Crippen LogP contribution in [0.1, 0.15) is 36.5 Å². The number of anilines is 1. The molecule has 2 N–H and O–H groups in total. The van der Waals surface area contributed by atoms with E-state index < -0.39 is 6.10 Å².